The summed E-state index contributed by atoms with van der Waals surface area (Å²) >= 11 is 1.49. The molecule has 1 unspecified atom stereocenters. The van der Waals surface area contributed by atoms with E-state index in [1.54, 1.807) is 16.3 Å². The fourth-order valence-electron chi connectivity index (χ4n) is 2.13. The normalized spacial score (nSPS) is 17.4. The number of rotatable bonds is 5. The van der Waals surface area contributed by atoms with E-state index in [9.17, 15) is 9.59 Å². The predicted octanol–water partition coefficient (Wildman–Crippen LogP) is 1.11. The van der Waals surface area contributed by atoms with Crippen LogP contribution in [-0.2, 0) is 4.79 Å². The molecule has 1 saturated heterocycles. The Balaban J connectivity index is 0.00000200. The minimum absolute atomic E-state index is 0. The number of halogens is 1. The minimum Gasteiger partial charge on any atom is -0.351 e. The van der Waals surface area contributed by atoms with Crippen molar-refractivity contribution in [2.24, 2.45) is 0 Å². The van der Waals surface area contributed by atoms with Gasteiger partial charge in [0.15, 0.2) is 0 Å². The van der Waals surface area contributed by atoms with Gasteiger partial charge >= 0.3 is 0 Å². The SMILES string of the molecule is CN(C(=O)CCNC(=O)c1ccsc1)C1CCNC1.Cl. The third kappa shape index (κ3) is 4.47. The first-order valence-corrected chi connectivity index (χ1v) is 7.39. The summed E-state index contributed by atoms with van der Waals surface area (Å²) in [7, 11) is 1.83. The van der Waals surface area contributed by atoms with Crippen molar-refractivity contribution in [2.75, 3.05) is 26.7 Å². The largest absolute Gasteiger partial charge is 0.351 e. The number of nitrogens with one attached hydrogen (secondary N) is 2. The molecule has 1 aromatic heterocycles. The van der Waals surface area contributed by atoms with Gasteiger partial charge in [0, 0.05) is 43.5 Å². The van der Waals surface area contributed by atoms with Crippen molar-refractivity contribution in [2.45, 2.75) is 18.9 Å². The van der Waals surface area contributed by atoms with Crippen LogP contribution >= 0.6 is 23.7 Å². The Kier molecular flexibility index (Phi) is 6.98. The number of nitrogens with zero attached hydrogens (tertiary/aromatic N) is 1. The summed E-state index contributed by atoms with van der Waals surface area (Å²) in [6, 6.07) is 2.07. The zero-order valence-corrected chi connectivity index (χ0v) is 13.1. The molecule has 2 heterocycles. The second kappa shape index (κ2) is 8.24. The molecule has 0 aromatic carbocycles. The molecule has 112 valence electrons. The Morgan fingerprint density at radius 2 is 2.35 bits per heavy atom. The third-order valence-corrected chi connectivity index (χ3v) is 4.07. The maximum absolute atomic E-state index is 11.9. The van der Waals surface area contributed by atoms with Crippen LogP contribution in [0.5, 0.6) is 0 Å². The highest BCUT2D eigenvalue weighted by molar-refractivity contribution is 7.08. The van der Waals surface area contributed by atoms with Crippen molar-refractivity contribution in [3.8, 4) is 0 Å². The van der Waals surface area contributed by atoms with Crippen molar-refractivity contribution < 1.29 is 9.59 Å². The molecule has 2 amide bonds. The number of carbonyl (C=O) groups is 2. The van der Waals surface area contributed by atoms with Gasteiger partial charge in [-0.05, 0) is 24.4 Å². The van der Waals surface area contributed by atoms with Crippen molar-refractivity contribution in [1.29, 1.82) is 0 Å². The van der Waals surface area contributed by atoms with Crippen molar-refractivity contribution >= 4 is 35.6 Å². The Morgan fingerprint density at radius 3 is 2.95 bits per heavy atom. The van der Waals surface area contributed by atoms with Crippen LogP contribution in [0.2, 0.25) is 0 Å². The highest BCUT2D eigenvalue weighted by Crippen LogP contribution is 2.08. The Morgan fingerprint density at radius 1 is 1.55 bits per heavy atom. The van der Waals surface area contributed by atoms with E-state index < -0.39 is 0 Å². The van der Waals surface area contributed by atoms with Crippen LogP contribution in [0.15, 0.2) is 16.8 Å². The van der Waals surface area contributed by atoms with E-state index in [4.69, 9.17) is 0 Å². The molecular formula is C13H20ClN3O2S. The molecule has 5 nitrogen and oxygen atoms in total. The zero-order chi connectivity index (χ0) is 13.7. The molecule has 0 radical (unpaired) electrons. The Bertz CT molecular complexity index is 433. The molecule has 1 fully saturated rings. The van der Waals surface area contributed by atoms with E-state index in [0.717, 1.165) is 19.5 Å². The van der Waals surface area contributed by atoms with Gasteiger partial charge in [0.25, 0.3) is 5.91 Å². The molecule has 1 aliphatic heterocycles. The van der Waals surface area contributed by atoms with E-state index in [1.165, 1.54) is 11.3 Å². The molecule has 7 heteroatoms. The monoisotopic (exact) mass is 317 g/mol. The standard InChI is InChI=1S/C13H19N3O2S.ClH/c1-16(11-2-5-14-8-11)12(17)3-6-15-13(18)10-4-7-19-9-10;/h4,7,9,11,14H,2-3,5-6,8H2,1H3,(H,15,18);1H. The number of amides is 2. The summed E-state index contributed by atoms with van der Waals surface area (Å²) in [6.07, 6.45) is 1.35. The first kappa shape index (κ1) is 16.9. The lowest BCUT2D eigenvalue weighted by Gasteiger charge is -2.23. The van der Waals surface area contributed by atoms with Gasteiger partial charge in [-0.1, -0.05) is 0 Å². The number of hydrogen-bond acceptors (Lipinski definition) is 4. The molecule has 2 N–H and O–H groups in total. The number of hydrogen-bond donors (Lipinski definition) is 2. The third-order valence-electron chi connectivity index (χ3n) is 3.38. The van der Waals surface area contributed by atoms with Gasteiger partial charge in [0.1, 0.15) is 0 Å². The molecule has 0 bridgehead atoms. The molecular weight excluding hydrogens is 298 g/mol. The fraction of sp³-hybridized carbons (Fsp3) is 0.538. The van der Waals surface area contributed by atoms with Crippen LogP contribution in [0.25, 0.3) is 0 Å². The molecule has 1 atom stereocenters. The molecule has 0 spiro atoms. The summed E-state index contributed by atoms with van der Waals surface area (Å²) < 4.78 is 0. The number of carbonyl (C=O) groups excluding carboxylic acids is 2. The van der Waals surface area contributed by atoms with Gasteiger partial charge in [-0.3, -0.25) is 9.59 Å². The molecule has 0 saturated carbocycles. The molecule has 1 aromatic rings. The summed E-state index contributed by atoms with van der Waals surface area (Å²) in [5.74, 6) is -0.0291. The fourth-order valence-corrected chi connectivity index (χ4v) is 2.76. The van der Waals surface area contributed by atoms with Crippen LogP contribution in [0, 0.1) is 0 Å². The maximum Gasteiger partial charge on any atom is 0.252 e. The first-order valence-electron chi connectivity index (χ1n) is 6.45. The van der Waals surface area contributed by atoms with Crippen LogP contribution in [0.4, 0.5) is 0 Å². The van der Waals surface area contributed by atoms with Crippen molar-refractivity contribution in [3.63, 3.8) is 0 Å². The highest BCUT2D eigenvalue weighted by atomic mass is 35.5. The van der Waals surface area contributed by atoms with Gasteiger partial charge in [0.05, 0.1) is 0 Å². The zero-order valence-electron chi connectivity index (χ0n) is 11.4. The minimum atomic E-state index is -0.112. The summed E-state index contributed by atoms with van der Waals surface area (Å²) in [6.45, 7) is 2.22. The highest BCUT2D eigenvalue weighted by Gasteiger charge is 2.22. The van der Waals surface area contributed by atoms with Gasteiger partial charge < -0.3 is 15.5 Å². The van der Waals surface area contributed by atoms with Gasteiger partial charge in [-0.2, -0.15) is 11.3 Å². The van der Waals surface area contributed by atoms with Gasteiger partial charge in [-0.15, -0.1) is 12.4 Å². The summed E-state index contributed by atoms with van der Waals surface area (Å²) in [5, 5.41) is 9.67. The van der Waals surface area contributed by atoms with Crippen LogP contribution in [0.1, 0.15) is 23.2 Å². The topological polar surface area (TPSA) is 61.4 Å². The first-order chi connectivity index (χ1) is 9.18. The van der Waals surface area contributed by atoms with Crippen LogP contribution in [0.3, 0.4) is 0 Å². The lowest BCUT2D eigenvalue weighted by atomic mass is 10.2. The summed E-state index contributed by atoms with van der Waals surface area (Å²) in [5.41, 5.74) is 0.658. The Hall–Kier alpha value is -1.11. The maximum atomic E-state index is 11.9. The van der Waals surface area contributed by atoms with E-state index in [-0.39, 0.29) is 24.2 Å². The lowest BCUT2D eigenvalue weighted by molar-refractivity contribution is -0.131. The van der Waals surface area contributed by atoms with Crippen LogP contribution < -0.4 is 10.6 Å². The van der Waals surface area contributed by atoms with Crippen LogP contribution in [-0.4, -0.2) is 49.4 Å². The Labute approximate surface area is 129 Å². The quantitative estimate of drug-likeness (QED) is 0.855. The lowest BCUT2D eigenvalue weighted by Crippen LogP contribution is -2.40. The average molecular weight is 318 g/mol. The van der Waals surface area contributed by atoms with E-state index in [2.05, 4.69) is 10.6 Å². The van der Waals surface area contributed by atoms with Crippen molar-refractivity contribution in [1.82, 2.24) is 15.5 Å². The van der Waals surface area contributed by atoms with Gasteiger partial charge in [-0.25, -0.2) is 0 Å². The molecule has 1 aliphatic rings. The smallest absolute Gasteiger partial charge is 0.252 e. The number of likely N-dealkylation sites (N-methyl/N-ethyl adjacent to an activating group) is 1. The van der Waals surface area contributed by atoms with E-state index >= 15 is 0 Å². The summed E-state index contributed by atoms with van der Waals surface area (Å²) in [4.78, 5) is 25.4. The molecule has 20 heavy (non-hydrogen) atoms. The predicted molar refractivity (Wildman–Crippen MR) is 82.6 cm³/mol. The van der Waals surface area contributed by atoms with E-state index in [1.807, 2.05) is 12.4 Å². The van der Waals surface area contributed by atoms with E-state index in [0.29, 0.717) is 24.6 Å². The second-order valence-electron chi connectivity index (χ2n) is 4.67. The second-order valence-corrected chi connectivity index (χ2v) is 5.45. The molecule has 0 aliphatic carbocycles. The van der Waals surface area contributed by atoms with Crippen molar-refractivity contribution in [3.05, 3.63) is 22.4 Å². The average Bonchev–Trinajstić information content (AvgIpc) is 3.10. The number of thiophene rings is 1. The van der Waals surface area contributed by atoms with Gasteiger partial charge in [0.2, 0.25) is 5.91 Å². The molecule has 2 rings (SSSR count).